The molecule has 0 unspecified atom stereocenters. The summed E-state index contributed by atoms with van der Waals surface area (Å²) < 4.78 is 0. The molecule has 18 heavy (non-hydrogen) atoms. The Hall–Kier alpha value is -1.81. The van der Waals surface area contributed by atoms with Crippen molar-refractivity contribution in [1.82, 2.24) is 5.32 Å². The van der Waals surface area contributed by atoms with Crippen LogP contribution in [0.4, 0.5) is 5.69 Å². The first kappa shape index (κ1) is 12.6. The van der Waals surface area contributed by atoms with Gasteiger partial charge in [-0.25, -0.2) is 0 Å². The van der Waals surface area contributed by atoms with Gasteiger partial charge < -0.3 is 11.1 Å². The van der Waals surface area contributed by atoms with Crippen molar-refractivity contribution in [3.8, 4) is 0 Å². The van der Waals surface area contributed by atoms with E-state index >= 15 is 0 Å². The first-order chi connectivity index (χ1) is 8.66. The van der Waals surface area contributed by atoms with E-state index in [-0.39, 0.29) is 5.91 Å². The van der Waals surface area contributed by atoms with E-state index in [1.807, 2.05) is 24.4 Å². The normalized spacial score (nSPS) is 10.3. The van der Waals surface area contributed by atoms with Crippen molar-refractivity contribution >= 4 is 22.9 Å². The Morgan fingerprint density at radius 1 is 1.39 bits per heavy atom. The minimum absolute atomic E-state index is 0.0466. The molecule has 4 heteroatoms. The third kappa shape index (κ3) is 3.11. The Morgan fingerprint density at radius 2 is 2.22 bits per heavy atom. The molecule has 0 aliphatic carbocycles. The summed E-state index contributed by atoms with van der Waals surface area (Å²) >= 11 is 1.71. The molecule has 1 heterocycles. The Bertz CT molecular complexity index is 535. The summed E-state index contributed by atoms with van der Waals surface area (Å²) in [6.07, 6.45) is 0.872. The summed E-state index contributed by atoms with van der Waals surface area (Å²) in [6, 6.07) is 9.43. The summed E-state index contributed by atoms with van der Waals surface area (Å²) in [6.45, 7) is 2.56. The van der Waals surface area contributed by atoms with Gasteiger partial charge in [-0.15, -0.1) is 11.3 Å². The predicted molar refractivity (Wildman–Crippen MR) is 75.9 cm³/mol. The summed E-state index contributed by atoms with van der Waals surface area (Å²) in [5, 5.41) is 4.95. The maximum Gasteiger partial charge on any atom is 0.251 e. The number of hydrogen-bond acceptors (Lipinski definition) is 3. The lowest BCUT2D eigenvalue weighted by Crippen LogP contribution is -2.25. The summed E-state index contributed by atoms with van der Waals surface area (Å²) in [5.41, 5.74) is 8.03. The maximum absolute atomic E-state index is 11.9. The second kappa shape index (κ2) is 5.69. The lowest BCUT2D eigenvalue weighted by atomic mass is 10.1. The van der Waals surface area contributed by atoms with E-state index in [0.29, 0.717) is 17.8 Å². The van der Waals surface area contributed by atoms with Crippen LogP contribution < -0.4 is 11.1 Å². The number of nitrogens with two attached hydrogens (primary N) is 1. The van der Waals surface area contributed by atoms with Gasteiger partial charge in [-0.3, -0.25) is 4.79 Å². The highest BCUT2D eigenvalue weighted by Gasteiger charge is 2.06. The van der Waals surface area contributed by atoms with Crippen LogP contribution in [-0.4, -0.2) is 12.5 Å². The number of rotatable bonds is 4. The molecule has 2 aromatic rings. The molecule has 0 aliphatic rings. The molecule has 0 bridgehead atoms. The molecule has 3 N–H and O–H groups in total. The van der Waals surface area contributed by atoms with E-state index in [0.717, 1.165) is 12.0 Å². The van der Waals surface area contributed by atoms with Crippen molar-refractivity contribution in [1.29, 1.82) is 0 Å². The fourth-order valence-electron chi connectivity index (χ4n) is 1.67. The monoisotopic (exact) mass is 260 g/mol. The molecular weight excluding hydrogens is 244 g/mol. The van der Waals surface area contributed by atoms with Crippen molar-refractivity contribution in [2.24, 2.45) is 0 Å². The van der Waals surface area contributed by atoms with Crippen molar-refractivity contribution in [2.45, 2.75) is 13.3 Å². The van der Waals surface area contributed by atoms with Gasteiger partial charge in [-0.05, 0) is 48.6 Å². The van der Waals surface area contributed by atoms with E-state index in [1.54, 1.807) is 23.5 Å². The van der Waals surface area contributed by atoms with Gasteiger partial charge in [-0.1, -0.05) is 6.07 Å². The molecule has 0 atom stereocenters. The van der Waals surface area contributed by atoms with Crippen LogP contribution in [0.25, 0.3) is 0 Å². The van der Waals surface area contributed by atoms with Crippen LogP contribution in [0.2, 0.25) is 0 Å². The fourth-order valence-corrected chi connectivity index (χ4v) is 2.38. The van der Waals surface area contributed by atoms with Gasteiger partial charge in [-0.2, -0.15) is 0 Å². The number of anilines is 1. The largest absolute Gasteiger partial charge is 0.399 e. The quantitative estimate of drug-likeness (QED) is 0.830. The second-order valence-corrected chi connectivity index (χ2v) is 5.19. The predicted octanol–water partition coefficient (Wildman–Crippen LogP) is 2.61. The Morgan fingerprint density at radius 3 is 2.89 bits per heavy atom. The van der Waals surface area contributed by atoms with Gasteiger partial charge in [0.1, 0.15) is 0 Å². The summed E-state index contributed by atoms with van der Waals surface area (Å²) in [5.74, 6) is -0.0466. The molecule has 0 saturated heterocycles. The first-order valence-corrected chi connectivity index (χ1v) is 6.71. The number of nitrogens with one attached hydrogen (secondary N) is 1. The molecule has 0 radical (unpaired) electrons. The van der Waals surface area contributed by atoms with Crippen LogP contribution in [0.3, 0.4) is 0 Å². The standard InChI is InChI=1S/C14H16N2OS/c1-10-9-11(4-5-13(10)15)14(17)16-7-6-12-3-2-8-18-12/h2-5,8-9H,6-7,15H2,1H3,(H,16,17). The van der Waals surface area contributed by atoms with Gasteiger partial charge in [0.15, 0.2) is 0 Å². The van der Waals surface area contributed by atoms with Crippen molar-refractivity contribution in [3.63, 3.8) is 0 Å². The number of benzene rings is 1. The second-order valence-electron chi connectivity index (χ2n) is 4.16. The first-order valence-electron chi connectivity index (χ1n) is 5.83. The molecule has 1 aromatic heterocycles. The van der Waals surface area contributed by atoms with Crippen molar-refractivity contribution in [2.75, 3.05) is 12.3 Å². The third-order valence-electron chi connectivity index (χ3n) is 2.77. The van der Waals surface area contributed by atoms with Gasteiger partial charge >= 0.3 is 0 Å². The molecule has 3 nitrogen and oxygen atoms in total. The number of nitrogen functional groups attached to an aromatic ring is 1. The number of aryl methyl sites for hydroxylation is 1. The topological polar surface area (TPSA) is 55.1 Å². The number of thiophene rings is 1. The minimum atomic E-state index is -0.0466. The number of hydrogen-bond donors (Lipinski definition) is 2. The van der Waals surface area contributed by atoms with Crippen LogP contribution in [0.1, 0.15) is 20.8 Å². The third-order valence-corrected chi connectivity index (χ3v) is 3.71. The number of carbonyl (C=O) groups excluding carboxylic acids is 1. The Kier molecular flexibility index (Phi) is 3.99. The van der Waals surface area contributed by atoms with E-state index < -0.39 is 0 Å². The summed E-state index contributed by atoms with van der Waals surface area (Å²) in [7, 11) is 0. The van der Waals surface area contributed by atoms with Gasteiger partial charge in [0.2, 0.25) is 0 Å². The number of amides is 1. The van der Waals surface area contributed by atoms with E-state index in [9.17, 15) is 4.79 Å². The van der Waals surface area contributed by atoms with Crippen LogP contribution >= 0.6 is 11.3 Å². The zero-order valence-electron chi connectivity index (χ0n) is 10.3. The average molecular weight is 260 g/mol. The van der Waals surface area contributed by atoms with E-state index in [4.69, 9.17) is 5.73 Å². The highest BCUT2D eigenvalue weighted by molar-refractivity contribution is 7.09. The molecule has 0 saturated carbocycles. The van der Waals surface area contributed by atoms with Crippen molar-refractivity contribution in [3.05, 3.63) is 51.7 Å². The van der Waals surface area contributed by atoms with Crippen LogP contribution in [0.5, 0.6) is 0 Å². The molecule has 0 spiro atoms. The zero-order valence-corrected chi connectivity index (χ0v) is 11.1. The molecule has 2 rings (SSSR count). The maximum atomic E-state index is 11.9. The van der Waals surface area contributed by atoms with Gasteiger partial charge in [0.05, 0.1) is 0 Å². The van der Waals surface area contributed by atoms with Crippen LogP contribution in [0.15, 0.2) is 35.7 Å². The SMILES string of the molecule is Cc1cc(C(=O)NCCc2cccs2)ccc1N. The molecule has 0 fully saturated rings. The van der Waals surface area contributed by atoms with Crippen molar-refractivity contribution < 1.29 is 4.79 Å². The molecule has 1 aromatic carbocycles. The summed E-state index contributed by atoms with van der Waals surface area (Å²) in [4.78, 5) is 13.2. The fraction of sp³-hybridized carbons (Fsp3) is 0.214. The highest BCUT2D eigenvalue weighted by atomic mass is 32.1. The Balaban J connectivity index is 1.89. The lowest BCUT2D eigenvalue weighted by molar-refractivity contribution is 0.0954. The van der Waals surface area contributed by atoms with Gasteiger partial charge in [0.25, 0.3) is 5.91 Å². The van der Waals surface area contributed by atoms with Crippen LogP contribution in [-0.2, 0) is 6.42 Å². The highest BCUT2D eigenvalue weighted by Crippen LogP contribution is 2.12. The zero-order chi connectivity index (χ0) is 13.0. The van der Waals surface area contributed by atoms with Gasteiger partial charge in [0, 0.05) is 22.7 Å². The Labute approximate surface area is 111 Å². The smallest absolute Gasteiger partial charge is 0.251 e. The average Bonchev–Trinajstić information content (AvgIpc) is 2.85. The lowest BCUT2D eigenvalue weighted by Gasteiger charge is -2.06. The van der Waals surface area contributed by atoms with E-state index in [2.05, 4.69) is 11.4 Å². The van der Waals surface area contributed by atoms with Crippen LogP contribution in [0, 0.1) is 6.92 Å². The molecular formula is C14H16N2OS. The molecule has 0 aliphatic heterocycles. The molecule has 94 valence electrons. The van der Waals surface area contributed by atoms with E-state index in [1.165, 1.54) is 4.88 Å². The number of carbonyl (C=O) groups is 1. The molecule has 1 amide bonds. The minimum Gasteiger partial charge on any atom is -0.399 e.